The van der Waals surface area contributed by atoms with Gasteiger partial charge in [0.2, 0.25) is 0 Å². The predicted octanol–water partition coefficient (Wildman–Crippen LogP) is -0.0100. The zero-order chi connectivity index (χ0) is 0. The normalized spacial score (nSPS) is 0. The van der Waals surface area contributed by atoms with Crippen LogP contribution in [0.1, 0.15) is 0 Å². The van der Waals surface area contributed by atoms with E-state index >= 15 is 0 Å². The average Bonchev–Trinajstić information content (AvgIpc) is 0. The number of hydrogen-bond donors (Lipinski definition) is 0. The van der Waals surface area contributed by atoms with Gasteiger partial charge in [-0.05, 0) is 0 Å². The summed E-state index contributed by atoms with van der Waals surface area (Å²) in [6.07, 6.45) is 0. The molecule has 0 aliphatic carbocycles. The molecular formula is AuCoIrNi. The van der Waals surface area contributed by atoms with Crippen LogP contribution in [0.5, 0.6) is 0 Å². The van der Waals surface area contributed by atoms with E-state index in [1.54, 1.807) is 0 Å². The third kappa shape index (κ3) is 8.83. The van der Waals surface area contributed by atoms with Gasteiger partial charge in [-0.1, -0.05) is 0 Å². The first-order valence-electron chi connectivity index (χ1n) is 0. The summed E-state index contributed by atoms with van der Waals surface area (Å²) in [4.78, 5) is 0. The van der Waals surface area contributed by atoms with Crippen LogP contribution in [0.2, 0.25) is 0 Å². The molecular weight excluding hydrogens is 507 g/mol. The Labute approximate surface area is 74.8 Å². The van der Waals surface area contributed by atoms with Crippen LogP contribution in [0.15, 0.2) is 0 Å². The summed E-state index contributed by atoms with van der Waals surface area (Å²) in [6.45, 7) is 0. The minimum atomic E-state index is 0. The molecule has 0 fully saturated rings. The summed E-state index contributed by atoms with van der Waals surface area (Å²) in [5, 5.41) is 0. The van der Waals surface area contributed by atoms with Crippen molar-refractivity contribution in [3.05, 3.63) is 0 Å². The van der Waals surface area contributed by atoms with Crippen molar-refractivity contribution in [1.29, 1.82) is 0 Å². The second-order valence-electron chi connectivity index (χ2n) is 0. The zero-order valence-electron chi connectivity index (χ0n) is 1.28. The molecule has 0 unspecified atom stereocenters. The molecule has 0 aliphatic heterocycles. The third-order valence-corrected chi connectivity index (χ3v) is 0. The molecule has 0 amide bonds. The Kier molecular flexibility index (Phi) is 148. The minimum Gasteiger partial charge on any atom is 0 e. The maximum Gasteiger partial charge on any atom is 0 e. The summed E-state index contributed by atoms with van der Waals surface area (Å²) in [7, 11) is 0. The van der Waals surface area contributed by atoms with Gasteiger partial charge in [0.1, 0.15) is 0 Å². The maximum absolute atomic E-state index is 0. The van der Waals surface area contributed by atoms with E-state index in [4.69, 9.17) is 0 Å². The smallest absolute Gasteiger partial charge is 0 e. The maximum atomic E-state index is 0. The van der Waals surface area contributed by atoms with Gasteiger partial charge in [-0.2, -0.15) is 0 Å². The molecule has 0 aliphatic rings. The summed E-state index contributed by atoms with van der Waals surface area (Å²) in [5.41, 5.74) is 0. The largest absolute Gasteiger partial charge is 0 e. The van der Waals surface area contributed by atoms with Gasteiger partial charge in [0.25, 0.3) is 0 Å². The predicted molar refractivity (Wildman–Crippen MR) is 0 cm³/mol. The van der Waals surface area contributed by atoms with Crippen LogP contribution in [-0.4, -0.2) is 0 Å². The van der Waals surface area contributed by atoms with Crippen molar-refractivity contribution in [2.75, 3.05) is 0 Å². The topological polar surface area (TPSA) is 0 Å². The van der Waals surface area contributed by atoms with Crippen LogP contribution >= 0.6 is 0 Å². The Morgan fingerprint density at radius 3 is 1.00 bits per heavy atom. The fourth-order valence-corrected chi connectivity index (χ4v) is 0. The second kappa shape index (κ2) is 18.2. The first-order valence-corrected chi connectivity index (χ1v) is 0. The Morgan fingerprint density at radius 1 is 1.00 bits per heavy atom. The van der Waals surface area contributed by atoms with Gasteiger partial charge in [-0.25, -0.2) is 0 Å². The molecule has 0 rings (SSSR count). The van der Waals surface area contributed by atoms with Crippen LogP contribution < -0.4 is 0 Å². The van der Waals surface area contributed by atoms with Crippen LogP contribution in [0.3, 0.4) is 0 Å². The number of hydrogen-bond acceptors (Lipinski definition) is 0. The molecule has 0 N–H and O–H groups in total. The molecule has 0 aromatic rings. The summed E-state index contributed by atoms with van der Waals surface area (Å²) >= 11 is 0. The molecule has 39 valence electrons. The van der Waals surface area contributed by atoms with Crippen LogP contribution in [0.25, 0.3) is 0 Å². The Morgan fingerprint density at radius 2 is 1.00 bits per heavy atom. The van der Waals surface area contributed by atoms with Crippen molar-refractivity contribution in [3.8, 4) is 0 Å². The third-order valence-electron chi connectivity index (χ3n) is 0. The molecule has 0 saturated carbocycles. The summed E-state index contributed by atoms with van der Waals surface area (Å²) in [5.74, 6) is 0. The fourth-order valence-electron chi connectivity index (χ4n) is 0. The Balaban J connectivity index is 0. The van der Waals surface area contributed by atoms with E-state index in [-0.39, 0.29) is 75.8 Å². The Bertz CT molecular complexity index is 8.00. The second-order valence-corrected chi connectivity index (χ2v) is 0. The SMILES string of the molecule is [Au].[Co].[Ir].[Ni]. The van der Waals surface area contributed by atoms with E-state index in [0.29, 0.717) is 0 Å². The standard InChI is InChI=1S/Au.Co.Ir.Ni. The van der Waals surface area contributed by atoms with Crippen LogP contribution in [-0.2, 0) is 75.8 Å². The van der Waals surface area contributed by atoms with Gasteiger partial charge >= 0.3 is 0 Å². The first-order chi connectivity index (χ1) is 0. The van der Waals surface area contributed by atoms with Gasteiger partial charge in [-0.15, -0.1) is 0 Å². The van der Waals surface area contributed by atoms with E-state index in [9.17, 15) is 0 Å². The van der Waals surface area contributed by atoms with E-state index < -0.39 is 0 Å². The molecule has 4 heavy (non-hydrogen) atoms. The quantitative estimate of drug-likeness (QED) is 0.406. The molecule has 4 heteroatoms. The van der Waals surface area contributed by atoms with Crippen LogP contribution in [0.4, 0.5) is 0 Å². The fraction of sp³-hybridized carbons (Fsp3) is 0. The van der Waals surface area contributed by atoms with Crippen molar-refractivity contribution < 1.29 is 75.8 Å². The molecule has 0 nitrogen and oxygen atoms in total. The van der Waals surface area contributed by atoms with Gasteiger partial charge in [0.15, 0.2) is 0 Å². The van der Waals surface area contributed by atoms with E-state index in [1.165, 1.54) is 0 Å². The van der Waals surface area contributed by atoms with Crippen molar-refractivity contribution in [2.24, 2.45) is 0 Å². The molecule has 0 aromatic heterocycles. The van der Waals surface area contributed by atoms with Crippen molar-refractivity contribution in [2.45, 2.75) is 0 Å². The van der Waals surface area contributed by atoms with E-state index in [2.05, 4.69) is 0 Å². The first kappa shape index (κ1) is 32.5. The molecule has 0 aromatic carbocycles. The van der Waals surface area contributed by atoms with E-state index in [0.717, 1.165) is 0 Å². The van der Waals surface area contributed by atoms with Gasteiger partial charge in [-0.3, -0.25) is 0 Å². The van der Waals surface area contributed by atoms with Crippen LogP contribution in [0, 0.1) is 0 Å². The Hall–Kier alpha value is 2.39. The molecule has 0 atom stereocenters. The van der Waals surface area contributed by atoms with Crippen molar-refractivity contribution >= 4 is 0 Å². The van der Waals surface area contributed by atoms with Crippen molar-refractivity contribution in [3.63, 3.8) is 0 Å². The summed E-state index contributed by atoms with van der Waals surface area (Å²) < 4.78 is 0. The molecule has 0 spiro atoms. The molecule has 0 bridgehead atoms. The number of rotatable bonds is 0. The average molecular weight is 507 g/mol. The van der Waals surface area contributed by atoms with Gasteiger partial charge < -0.3 is 0 Å². The zero-order valence-corrected chi connectivity index (χ0v) is 7.87. The monoisotopic (exact) mass is 507 g/mol. The minimum absolute atomic E-state index is 0. The molecule has 0 heterocycles. The molecule has 0 saturated heterocycles. The van der Waals surface area contributed by atoms with Gasteiger partial charge in [0.05, 0.1) is 0 Å². The van der Waals surface area contributed by atoms with E-state index in [1.807, 2.05) is 0 Å². The summed E-state index contributed by atoms with van der Waals surface area (Å²) in [6, 6.07) is 0. The molecule has 3 radical (unpaired) electrons. The van der Waals surface area contributed by atoms with Gasteiger partial charge in [0, 0.05) is 75.8 Å². The van der Waals surface area contributed by atoms with Crippen molar-refractivity contribution in [1.82, 2.24) is 0 Å².